The minimum absolute atomic E-state index is 0.123. The maximum atomic E-state index is 11.7. The Labute approximate surface area is 123 Å². The highest BCUT2D eigenvalue weighted by atomic mass is 16.6. The SMILES string of the molecule is COc1cc(CNC(=O)OC(C)(C)C)c2c(c1)C(=O)NC2. The second-order valence-electron chi connectivity index (χ2n) is 5.85. The Morgan fingerprint density at radius 2 is 2.10 bits per heavy atom. The molecule has 2 N–H and O–H groups in total. The number of hydrogen-bond donors (Lipinski definition) is 2. The summed E-state index contributed by atoms with van der Waals surface area (Å²) in [5.74, 6) is 0.467. The summed E-state index contributed by atoms with van der Waals surface area (Å²) >= 11 is 0. The molecular weight excluding hydrogens is 272 g/mol. The topological polar surface area (TPSA) is 76.7 Å². The third-order valence-corrected chi connectivity index (χ3v) is 3.04. The molecule has 0 saturated heterocycles. The first kappa shape index (κ1) is 15.2. The molecule has 1 aliphatic heterocycles. The van der Waals surface area contributed by atoms with Crippen LogP contribution in [0, 0.1) is 0 Å². The first-order valence-corrected chi connectivity index (χ1v) is 6.75. The van der Waals surface area contributed by atoms with E-state index < -0.39 is 11.7 Å². The lowest BCUT2D eigenvalue weighted by molar-refractivity contribution is 0.0523. The summed E-state index contributed by atoms with van der Waals surface area (Å²) in [4.78, 5) is 23.4. The van der Waals surface area contributed by atoms with Crippen molar-refractivity contribution in [3.63, 3.8) is 0 Å². The van der Waals surface area contributed by atoms with Gasteiger partial charge in [0.1, 0.15) is 11.4 Å². The van der Waals surface area contributed by atoms with Gasteiger partial charge in [0.25, 0.3) is 5.91 Å². The number of methoxy groups -OCH3 is 1. The lowest BCUT2D eigenvalue weighted by Crippen LogP contribution is -2.32. The van der Waals surface area contributed by atoms with Crippen molar-refractivity contribution in [1.29, 1.82) is 0 Å². The van der Waals surface area contributed by atoms with Crippen molar-refractivity contribution in [1.82, 2.24) is 10.6 Å². The highest BCUT2D eigenvalue weighted by Gasteiger charge is 2.23. The number of alkyl carbamates (subject to hydrolysis) is 1. The molecule has 2 rings (SSSR count). The number of carbonyl (C=O) groups is 2. The van der Waals surface area contributed by atoms with Crippen LogP contribution in [-0.2, 0) is 17.8 Å². The van der Waals surface area contributed by atoms with Crippen molar-refractivity contribution in [2.24, 2.45) is 0 Å². The molecule has 0 saturated carbocycles. The highest BCUT2D eigenvalue weighted by molar-refractivity contribution is 5.99. The van der Waals surface area contributed by atoms with E-state index in [1.165, 1.54) is 0 Å². The molecule has 0 spiro atoms. The van der Waals surface area contributed by atoms with Gasteiger partial charge >= 0.3 is 6.09 Å². The first-order valence-electron chi connectivity index (χ1n) is 6.75. The van der Waals surface area contributed by atoms with Gasteiger partial charge in [0.15, 0.2) is 0 Å². The predicted octanol–water partition coefficient (Wildman–Crippen LogP) is 1.96. The van der Waals surface area contributed by atoms with Gasteiger partial charge in [-0.2, -0.15) is 0 Å². The van der Waals surface area contributed by atoms with Gasteiger partial charge in [0.05, 0.1) is 7.11 Å². The van der Waals surface area contributed by atoms with E-state index >= 15 is 0 Å². The fourth-order valence-corrected chi connectivity index (χ4v) is 2.14. The molecule has 0 radical (unpaired) electrons. The Morgan fingerprint density at radius 3 is 2.71 bits per heavy atom. The van der Waals surface area contributed by atoms with Gasteiger partial charge in [-0.3, -0.25) is 4.79 Å². The fraction of sp³-hybridized carbons (Fsp3) is 0.467. The minimum Gasteiger partial charge on any atom is -0.497 e. The molecule has 2 amide bonds. The van der Waals surface area contributed by atoms with Gasteiger partial charge in [0.2, 0.25) is 0 Å². The molecule has 1 aromatic rings. The number of rotatable bonds is 3. The molecule has 0 bridgehead atoms. The Bertz CT molecular complexity index is 576. The van der Waals surface area contributed by atoms with E-state index in [9.17, 15) is 9.59 Å². The summed E-state index contributed by atoms with van der Waals surface area (Å²) < 4.78 is 10.4. The fourth-order valence-electron chi connectivity index (χ4n) is 2.14. The molecule has 0 fully saturated rings. The average molecular weight is 292 g/mol. The van der Waals surface area contributed by atoms with Crippen LogP contribution in [0.4, 0.5) is 4.79 Å². The van der Waals surface area contributed by atoms with Crippen molar-refractivity contribution < 1.29 is 19.1 Å². The number of nitrogens with one attached hydrogen (secondary N) is 2. The van der Waals surface area contributed by atoms with Crippen molar-refractivity contribution in [2.75, 3.05) is 7.11 Å². The number of hydrogen-bond acceptors (Lipinski definition) is 4. The molecule has 1 heterocycles. The Balaban J connectivity index is 2.14. The quantitative estimate of drug-likeness (QED) is 0.893. The van der Waals surface area contributed by atoms with E-state index in [2.05, 4.69) is 10.6 Å². The lowest BCUT2D eigenvalue weighted by atomic mass is 10.0. The summed E-state index contributed by atoms with van der Waals surface area (Å²) in [6.45, 7) is 6.15. The molecular formula is C15H20N2O4. The Morgan fingerprint density at radius 1 is 1.38 bits per heavy atom. The number of amides is 2. The van der Waals surface area contributed by atoms with E-state index in [4.69, 9.17) is 9.47 Å². The zero-order valence-electron chi connectivity index (χ0n) is 12.7. The molecule has 21 heavy (non-hydrogen) atoms. The van der Waals surface area contributed by atoms with Crippen molar-refractivity contribution in [3.05, 3.63) is 28.8 Å². The van der Waals surface area contributed by atoms with Crippen LogP contribution in [-0.4, -0.2) is 24.7 Å². The Kier molecular flexibility index (Phi) is 4.06. The summed E-state index contributed by atoms with van der Waals surface area (Å²) in [6, 6.07) is 3.52. The normalized spacial score (nSPS) is 13.4. The van der Waals surface area contributed by atoms with E-state index in [0.717, 1.165) is 11.1 Å². The minimum atomic E-state index is -0.544. The van der Waals surface area contributed by atoms with Gasteiger partial charge in [-0.25, -0.2) is 4.79 Å². The van der Waals surface area contributed by atoms with Crippen LogP contribution in [0.1, 0.15) is 42.3 Å². The van der Waals surface area contributed by atoms with Gasteiger partial charge in [-0.1, -0.05) is 0 Å². The number of carbonyl (C=O) groups excluding carboxylic acids is 2. The zero-order valence-corrected chi connectivity index (χ0v) is 12.7. The summed E-state index contributed by atoms with van der Waals surface area (Å²) in [7, 11) is 1.54. The van der Waals surface area contributed by atoms with Crippen LogP contribution in [0.5, 0.6) is 5.75 Å². The molecule has 1 aliphatic rings. The second-order valence-corrected chi connectivity index (χ2v) is 5.85. The van der Waals surface area contributed by atoms with Crippen LogP contribution in [0.3, 0.4) is 0 Å². The van der Waals surface area contributed by atoms with E-state index in [1.807, 2.05) is 6.07 Å². The summed E-state index contributed by atoms with van der Waals surface area (Å²) in [5.41, 5.74) is 1.78. The van der Waals surface area contributed by atoms with Crippen molar-refractivity contribution >= 4 is 12.0 Å². The van der Waals surface area contributed by atoms with Gasteiger partial charge in [0, 0.05) is 18.7 Å². The molecule has 114 valence electrons. The van der Waals surface area contributed by atoms with Crippen molar-refractivity contribution in [2.45, 2.75) is 39.5 Å². The van der Waals surface area contributed by atoms with Crippen molar-refractivity contribution in [3.8, 4) is 5.75 Å². The van der Waals surface area contributed by atoms with E-state index in [0.29, 0.717) is 17.9 Å². The largest absolute Gasteiger partial charge is 0.497 e. The standard InChI is InChI=1S/C15H20N2O4/c1-15(2,3)21-14(19)17-7-9-5-10(20-4)6-11-12(9)8-16-13(11)18/h5-6H,7-8H2,1-4H3,(H,16,18)(H,17,19). The van der Waals surface area contributed by atoms with Crippen LogP contribution in [0.25, 0.3) is 0 Å². The first-order chi connectivity index (χ1) is 9.80. The predicted molar refractivity (Wildman–Crippen MR) is 77.2 cm³/mol. The maximum absolute atomic E-state index is 11.7. The van der Waals surface area contributed by atoms with Gasteiger partial charge < -0.3 is 20.1 Å². The van der Waals surface area contributed by atoms with Crippen LogP contribution >= 0.6 is 0 Å². The third kappa shape index (κ3) is 3.65. The van der Waals surface area contributed by atoms with Gasteiger partial charge in [-0.05, 0) is 44.0 Å². The second kappa shape index (κ2) is 5.63. The molecule has 0 aromatic heterocycles. The monoisotopic (exact) mass is 292 g/mol. The highest BCUT2D eigenvalue weighted by Crippen LogP contribution is 2.26. The van der Waals surface area contributed by atoms with E-state index in [1.54, 1.807) is 33.9 Å². The number of ether oxygens (including phenoxy) is 2. The molecule has 6 heteroatoms. The van der Waals surface area contributed by atoms with Crippen LogP contribution in [0.15, 0.2) is 12.1 Å². The number of benzene rings is 1. The maximum Gasteiger partial charge on any atom is 0.407 e. The summed E-state index contributed by atoms with van der Waals surface area (Å²) in [5, 5.41) is 5.46. The van der Waals surface area contributed by atoms with Gasteiger partial charge in [-0.15, -0.1) is 0 Å². The molecule has 1 aromatic carbocycles. The molecule has 0 unspecified atom stereocenters. The smallest absolute Gasteiger partial charge is 0.407 e. The molecule has 6 nitrogen and oxygen atoms in total. The molecule has 0 aliphatic carbocycles. The van der Waals surface area contributed by atoms with Crippen LogP contribution in [0.2, 0.25) is 0 Å². The molecule has 0 atom stereocenters. The lowest BCUT2D eigenvalue weighted by Gasteiger charge is -2.20. The average Bonchev–Trinajstić information content (AvgIpc) is 2.76. The number of fused-ring (bicyclic) bond motifs is 1. The Hall–Kier alpha value is -2.24. The zero-order chi connectivity index (χ0) is 15.6. The third-order valence-electron chi connectivity index (χ3n) is 3.04. The van der Waals surface area contributed by atoms with E-state index in [-0.39, 0.29) is 12.5 Å². The van der Waals surface area contributed by atoms with Crippen LogP contribution < -0.4 is 15.4 Å². The summed E-state index contributed by atoms with van der Waals surface area (Å²) in [6.07, 6.45) is -0.489.